The fraction of sp³-hybridized carbons (Fsp3) is 0. The lowest BCUT2D eigenvalue weighted by Crippen LogP contribution is -1.98. The average Bonchev–Trinajstić information content (AvgIpc) is 2.25. The van der Waals surface area contributed by atoms with Crippen molar-refractivity contribution in [1.82, 2.24) is 0 Å². The van der Waals surface area contributed by atoms with Gasteiger partial charge in [-0.1, -0.05) is 36.4 Å². The van der Waals surface area contributed by atoms with Crippen molar-refractivity contribution in [2.75, 3.05) is 0 Å². The molecule has 1 aliphatic rings. The summed E-state index contributed by atoms with van der Waals surface area (Å²) in [4.78, 5) is 10.6. The van der Waals surface area contributed by atoms with Crippen LogP contribution in [0.3, 0.4) is 0 Å². The molecule has 0 saturated carbocycles. The van der Waals surface area contributed by atoms with Gasteiger partial charge in [-0.05, 0) is 28.3 Å². The van der Waals surface area contributed by atoms with Crippen LogP contribution in [0.15, 0.2) is 42.5 Å². The third-order valence-corrected chi connectivity index (χ3v) is 2.69. The summed E-state index contributed by atoms with van der Waals surface area (Å²) in [6.45, 7) is 0. The smallest absolute Gasteiger partial charge is 0.150 e. The first-order chi connectivity index (χ1) is 6.90. The van der Waals surface area contributed by atoms with Crippen molar-refractivity contribution >= 4 is 6.29 Å². The normalized spacial score (nSPS) is 11.1. The molecule has 0 bridgehead atoms. The van der Waals surface area contributed by atoms with Crippen molar-refractivity contribution in [3.05, 3.63) is 48.0 Å². The quantitative estimate of drug-likeness (QED) is 0.526. The molecular formula is C13H8O. The van der Waals surface area contributed by atoms with E-state index in [-0.39, 0.29) is 0 Å². The van der Waals surface area contributed by atoms with Gasteiger partial charge in [-0.2, -0.15) is 0 Å². The summed E-state index contributed by atoms with van der Waals surface area (Å²) in [5, 5.41) is 0. The first kappa shape index (κ1) is 7.51. The van der Waals surface area contributed by atoms with E-state index in [1.54, 1.807) is 0 Å². The molecule has 0 amide bonds. The SMILES string of the molecule is O=Cc1ccc2c(c1)-c1ccccc1-2. The van der Waals surface area contributed by atoms with E-state index in [2.05, 4.69) is 12.1 Å². The molecule has 2 aromatic rings. The van der Waals surface area contributed by atoms with Crippen LogP contribution in [0.1, 0.15) is 10.4 Å². The predicted molar refractivity (Wildman–Crippen MR) is 56.3 cm³/mol. The first-order valence-electron chi connectivity index (χ1n) is 4.59. The van der Waals surface area contributed by atoms with Crippen molar-refractivity contribution in [2.24, 2.45) is 0 Å². The van der Waals surface area contributed by atoms with Crippen molar-refractivity contribution in [1.29, 1.82) is 0 Å². The van der Waals surface area contributed by atoms with Crippen LogP contribution in [0.2, 0.25) is 0 Å². The Bertz CT molecular complexity index is 527. The molecule has 0 N–H and O–H groups in total. The molecule has 0 fully saturated rings. The molecule has 1 heteroatoms. The van der Waals surface area contributed by atoms with Gasteiger partial charge in [-0.3, -0.25) is 4.79 Å². The van der Waals surface area contributed by atoms with Gasteiger partial charge in [0.1, 0.15) is 6.29 Å². The van der Waals surface area contributed by atoms with Crippen molar-refractivity contribution in [3.63, 3.8) is 0 Å². The highest BCUT2D eigenvalue weighted by molar-refractivity contribution is 6.03. The molecule has 0 aliphatic heterocycles. The fourth-order valence-electron chi connectivity index (χ4n) is 1.98. The molecule has 0 unspecified atom stereocenters. The number of carbonyl (C=O) groups excluding carboxylic acids is 1. The zero-order valence-corrected chi connectivity index (χ0v) is 7.53. The Morgan fingerprint density at radius 1 is 0.786 bits per heavy atom. The number of carbonyl (C=O) groups is 1. The minimum Gasteiger partial charge on any atom is -0.298 e. The van der Waals surface area contributed by atoms with E-state index in [9.17, 15) is 4.79 Å². The van der Waals surface area contributed by atoms with E-state index in [1.807, 2.05) is 30.3 Å². The lowest BCUT2D eigenvalue weighted by molar-refractivity contribution is 0.112. The maximum Gasteiger partial charge on any atom is 0.150 e. The highest BCUT2D eigenvalue weighted by Crippen LogP contribution is 2.46. The van der Waals surface area contributed by atoms with Gasteiger partial charge in [0.25, 0.3) is 0 Å². The zero-order chi connectivity index (χ0) is 9.54. The summed E-state index contributed by atoms with van der Waals surface area (Å²) < 4.78 is 0. The van der Waals surface area contributed by atoms with Gasteiger partial charge in [0, 0.05) is 5.56 Å². The zero-order valence-electron chi connectivity index (χ0n) is 7.53. The maximum atomic E-state index is 10.6. The molecule has 0 saturated heterocycles. The van der Waals surface area contributed by atoms with E-state index in [0.717, 1.165) is 11.8 Å². The van der Waals surface area contributed by atoms with Gasteiger partial charge >= 0.3 is 0 Å². The Balaban J connectivity index is 2.24. The van der Waals surface area contributed by atoms with Crippen molar-refractivity contribution in [2.45, 2.75) is 0 Å². The van der Waals surface area contributed by atoms with E-state index in [1.165, 1.54) is 22.3 Å². The highest BCUT2D eigenvalue weighted by atomic mass is 16.1. The summed E-state index contributed by atoms with van der Waals surface area (Å²) in [6.07, 6.45) is 0.890. The molecule has 1 aliphatic carbocycles. The second kappa shape index (κ2) is 2.55. The monoisotopic (exact) mass is 180 g/mol. The van der Waals surface area contributed by atoms with Gasteiger partial charge in [-0.25, -0.2) is 0 Å². The number of hydrogen-bond acceptors (Lipinski definition) is 1. The second-order valence-corrected chi connectivity index (χ2v) is 3.47. The topological polar surface area (TPSA) is 17.1 Å². The van der Waals surface area contributed by atoms with Gasteiger partial charge in [-0.15, -0.1) is 0 Å². The minimum atomic E-state index is 0.748. The van der Waals surface area contributed by atoms with Crippen molar-refractivity contribution < 1.29 is 4.79 Å². The Labute approximate surface area is 82.0 Å². The summed E-state index contributed by atoms with van der Waals surface area (Å²) >= 11 is 0. The van der Waals surface area contributed by atoms with Crippen LogP contribution in [-0.4, -0.2) is 6.29 Å². The third kappa shape index (κ3) is 0.814. The van der Waals surface area contributed by atoms with Crippen LogP contribution < -0.4 is 0 Å². The summed E-state index contributed by atoms with van der Waals surface area (Å²) in [6, 6.07) is 14.1. The third-order valence-electron chi connectivity index (χ3n) is 2.69. The lowest BCUT2D eigenvalue weighted by atomic mass is 9.80. The summed E-state index contributed by atoms with van der Waals surface area (Å²) in [7, 11) is 0. The molecule has 66 valence electrons. The van der Waals surface area contributed by atoms with Crippen LogP contribution in [0.25, 0.3) is 22.3 Å². The number of aldehydes is 1. The summed E-state index contributed by atoms with van der Waals surface area (Å²) in [5.41, 5.74) is 5.75. The Hall–Kier alpha value is -1.89. The van der Waals surface area contributed by atoms with E-state index < -0.39 is 0 Å². The lowest BCUT2D eigenvalue weighted by Gasteiger charge is -2.23. The molecule has 2 aromatic carbocycles. The largest absolute Gasteiger partial charge is 0.298 e. The van der Waals surface area contributed by atoms with Crippen LogP contribution in [0, 0.1) is 0 Å². The van der Waals surface area contributed by atoms with Gasteiger partial charge in [0.2, 0.25) is 0 Å². The van der Waals surface area contributed by atoms with Crippen LogP contribution in [0.5, 0.6) is 0 Å². The molecule has 0 radical (unpaired) electrons. The number of fused-ring (bicyclic) bond motifs is 4. The first-order valence-corrected chi connectivity index (χ1v) is 4.59. The molecule has 0 spiro atoms. The Morgan fingerprint density at radius 2 is 1.43 bits per heavy atom. The van der Waals surface area contributed by atoms with Crippen LogP contribution in [0.4, 0.5) is 0 Å². The standard InChI is InChI=1S/C13H8O/c14-8-9-5-6-12-10-3-1-2-4-11(10)13(12)7-9/h1-8H. The Kier molecular flexibility index (Phi) is 1.37. The Morgan fingerprint density at radius 3 is 2.14 bits per heavy atom. The van der Waals surface area contributed by atoms with Crippen LogP contribution >= 0.6 is 0 Å². The minimum absolute atomic E-state index is 0.748. The molecule has 1 nitrogen and oxygen atoms in total. The highest BCUT2D eigenvalue weighted by Gasteiger charge is 2.20. The molecule has 3 rings (SSSR count). The molecule has 14 heavy (non-hydrogen) atoms. The van der Waals surface area contributed by atoms with E-state index in [4.69, 9.17) is 0 Å². The van der Waals surface area contributed by atoms with Crippen LogP contribution in [-0.2, 0) is 0 Å². The van der Waals surface area contributed by atoms with Gasteiger partial charge in [0.15, 0.2) is 0 Å². The number of rotatable bonds is 1. The van der Waals surface area contributed by atoms with Crippen molar-refractivity contribution in [3.8, 4) is 22.3 Å². The number of benzene rings is 2. The molecule has 0 atom stereocenters. The van der Waals surface area contributed by atoms with E-state index >= 15 is 0 Å². The fourth-order valence-corrected chi connectivity index (χ4v) is 1.98. The number of hydrogen-bond donors (Lipinski definition) is 0. The maximum absolute atomic E-state index is 10.6. The molecular weight excluding hydrogens is 172 g/mol. The van der Waals surface area contributed by atoms with E-state index in [0.29, 0.717) is 0 Å². The summed E-state index contributed by atoms with van der Waals surface area (Å²) in [5.74, 6) is 0. The van der Waals surface area contributed by atoms with Gasteiger partial charge in [0.05, 0.1) is 0 Å². The predicted octanol–water partition coefficient (Wildman–Crippen LogP) is 3.15. The second-order valence-electron chi connectivity index (χ2n) is 3.47. The average molecular weight is 180 g/mol. The molecule has 0 aromatic heterocycles. The molecule has 0 heterocycles. The van der Waals surface area contributed by atoms with Gasteiger partial charge < -0.3 is 0 Å².